The third-order valence-corrected chi connectivity index (χ3v) is 7.72. The van der Waals surface area contributed by atoms with Crippen LogP contribution < -0.4 is 9.64 Å². The Hall–Kier alpha value is -4.77. The van der Waals surface area contributed by atoms with Crippen molar-refractivity contribution >= 4 is 16.9 Å². The van der Waals surface area contributed by atoms with Gasteiger partial charge in [0, 0.05) is 22.8 Å². The Bertz CT molecular complexity index is 1660. The van der Waals surface area contributed by atoms with Crippen LogP contribution in [0, 0.1) is 11.8 Å². The minimum atomic E-state index is 0.0200. The molecule has 0 radical (unpaired) electrons. The molecule has 3 atom stereocenters. The average molecular weight is 523 g/mol. The molecule has 1 aromatic heterocycles. The highest BCUT2D eigenvalue weighted by molar-refractivity contribution is 5.82. The standard InChI is InChI=1S/C35H30N4O/c1-23-16-18-26(19-17-23)34-36-33(25-10-4-3-5-11-25)37-35(38-34)28-21-20-27(22-24(28)2)39-29-12-6-8-14-31(29)40-32-15-9-7-13-30(32)39/h3-16,18-24,28H,17H2,1-2H3. The molecule has 0 saturated carbocycles. The van der Waals surface area contributed by atoms with Gasteiger partial charge in [-0.25, -0.2) is 15.0 Å². The number of anilines is 2. The van der Waals surface area contributed by atoms with E-state index in [1.807, 2.05) is 42.5 Å². The Balaban J connectivity index is 1.27. The fourth-order valence-corrected chi connectivity index (χ4v) is 5.54. The molecule has 3 aromatic carbocycles. The SMILES string of the molecule is CC1C=CC(c2nc(-c3ccccc3)nc(C3C=CC(N4c5ccccc5Oc5ccccc54)=CC3C)n2)=CC1. The number of para-hydroxylation sites is 4. The van der Waals surface area contributed by atoms with E-state index in [0.29, 0.717) is 11.7 Å². The number of nitrogens with zero attached hydrogens (tertiary/aromatic N) is 4. The maximum atomic E-state index is 6.22. The van der Waals surface area contributed by atoms with E-state index in [-0.39, 0.29) is 11.8 Å². The number of allylic oxidation sites excluding steroid dienone is 7. The highest BCUT2D eigenvalue weighted by Crippen LogP contribution is 2.49. The first-order valence-electron chi connectivity index (χ1n) is 13.9. The fourth-order valence-electron chi connectivity index (χ4n) is 5.54. The van der Waals surface area contributed by atoms with Crippen LogP contribution in [0.3, 0.4) is 0 Å². The van der Waals surface area contributed by atoms with E-state index < -0.39 is 0 Å². The highest BCUT2D eigenvalue weighted by atomic mass is 16.5. The molecule has 7 rings (SSSR count). The van der Waals surface area contributed by atoms with Gasteiger partial charge in [-0.15, -0.1) is 0 Å². The second-order valence-electron chi connectivity index (χ2n) is 10.6. The van der Waals surface area contributed by atoms with E-state index in [2.05, 4.69) is 91.6 Å². The highest BCUT2D eigenvalue weighted by Gasteiger charge is 2.30. The number of ether oxygens (including phenoxy) is 1. The molecule has 3 unspecified atom stereocenters. The number of hydrogen-bond donors (Lipinski definition) is 0. The maximum absolute atomic E-state index is 6.22. The second kappa shape index (κ2) is 10.1. The first kappa shape index (κ1) is 24.3. The average Bonchev–Trinajstić information content (AvgIpc) is 3.00. The van der Waals surface area contributed by atoms with Crippen molar-refractivity contribution < 1.29 is 4.74 Å². The summed E-state index contributed by atoms with van der Waals surface area (Å²) in [5.74, 6) is 4.64. The molecule has 4 aromatic rings. The molecule has 0 spiro atoms. The first-order valence-corrected chi connectivity index (χ1v) is 13.9. The van der Waals surface area contributed by atoms with Crippen molar-refractivity contribution in [3.63, 3.8) is 0 Å². The van der Waals surface area contributed by atoms with Gasteiger partial charge in [-0.2, -0.15) is 0 Å². The topological polar surface area (TPSA) is 51.1 Å². The number of rotatable bonds is 4. The van der Waals surface area contributed by atoms with Crippen molar-refractivity contribution in [2.45, 2.75) is 26.2 Å². The zero-order chi connectivity index (χ0) is 27.1. The van der Waals surface area contributed by atoms with Crippen LogP contribution >= 0.6 is 0 Å². The summed E-state index contributed by atoms with van der Waals surface area (Å²) in [4.78, 5) is 17.2. The summed E-state index contributed by atoms with van der Waals surface area (Å²) < 4.78 is 6.22. The van der Waals surface area contributed by atoms with E-state index in [1.54, 1.807) is 0 Å². The van der Waals surface area contributed by atoms with Gasteiger partial charge in [0.25, 0.3) is 0 Å². The largest absolute Gasteiger partial charge is 0.453 e. The Kier molecular flexibility index (Phi) is 6.12. The lowest BCUT2D eigenvalue weighted by Crippen LogP contribution is -2.23. The van der Waals surface area contributed by atoms with E-state index in [4.69, 9.17) is 19.7 Å². The monoisotopic (exact) mass is 522 g/mol. The number of aromatic nitrogens is 3. The normalized spacial score (nSPS) is 21.1. The van der Waals surface area contributed by atoms with Gasteiger partial charge in [0.15, 0.2) is 23.1 Å². The molecule has 0 saturated heterocycles. The zero-order valence-electron chi connectivity index (χ0n) is 22.6. The van der Waals surface area contributed by atoms with Gasteiger partial charge >= 0.3 is 0 Å². The summed E-state index contributed by atoms with van der Waals surface area (Å²) in [6, 6.07) is 26.5. The maximum Gasteiger partial charge on any atom is 0.163 e. The molecular weight excluding hydrogens is 492 g/mol. The lowest BCUT2D eigenvalue weighted by Gasteiger charge is -2.35. The van der Waals surface area contributed by atoms with Gasteiger partial charge < -0.3 is 9.64 Å². The molecule has 3 aliphatic rings. The number of fused-ring (bicyclic) bond motifs is 2. The molecule has 0 bridgehead atoms. The Morgan fingerprint density at radius 3 is 2.08 bits per heavy atom. The molecule has 1 aliphatic heterocycles. The van der Waals surface area contributed by atoms with Gasteiger partial charge in [-0.05, 0) is 48.6 Å². The van der Waals surface area contributed by atoms with Crippen molar-refractivity contribution in [2.75, 3.05) is 4.90 Å². The zero-order valence-corrected chi connectivity index (χ0v) is 22.6. The summed E-state index contributed by atoms with van der Waals surface area (Å²) in [5.41, 5.74) is 5.22. The predicted octanol–water partition coefficient (Wildman–Crippen LogP) is 8.64. The second-order valence-corrected chi connectivity index (χ2v) is 10.6. The van der Waals surface area contributed by atoms with Crippen molar-refractivity contribution in [1.29, 1.82) is 0 Å². The Morgan fingerprint density at radius 1 is 0.725 bits per heavy atom. The van der Waals surface area contributed by atoms with Crippen LogP contribution in [0.25, 0.3) is 17.0 Å². The van der Waals surface area contributed by atoms with Crippen molar-refractivity contribution in [2.24, 2.45) is 11.8 Å². The molecule has 196 valence electrons. The van der Waals surface area contributed by atoms with E-state index >= 15 is 0 Å². The number of benzene rings is 3. The molecule has 2 heterocycles. The van der Waals surface area contributed by atoms with Crippen molar-refractivity contribution in [3.8, 4) is 22.9 Å². The summed E-state index contributed by atoms with van der Waals surface area (Å²) in [6.07, 6.45) is 14.4. The van der Waals surface area contributed by atoms with Gasteiger partial charge in [0.1, 0.15) is 5.82 Å². The van der Waals surface area contributed by atoms with Crippen LogP contribution in [0.1, 0.15) is 37.8 Å². The molecule has 2 aliphatic carbocycles. The molecule has 5 heteroatoms. The third-order valence-electron chi connectivity index (χ3n) is 7.72. The minimum Gasteiger partial charge on any atom is -0.453 e. The lowest BCUT2D eigenvalue weighted by molar-refractivity contribution is 0.475. The molecule has 0 N–H and O–H groups in total. The summed E-state index contributed by atoms with van der Waals surface area (Å²) in [7, 11) is 0. The van der Waals surface area contributed by atoms with E-state index in [9.17, 15) is 0 Å². The minimum absolute atomic E-state index is 0.0200. The quantitative estimate of drug-likeness (QED) is 0.268. The number of hydrogen-bond acceptors (Lipinski definition) is 5. The van der Waals surface area contributed by atoms with Gasteiger partial charge in [0.05, 0.1) is 11.4 Å². The van der Waals surface area contributed by atoms with Gasteiger partial charge in [-0.1, -0.05) is 98.8 Å². The smallest absolute Gasteiger partial charge is 0.163 e. The Morgan fingerprint density at radius 2 is 1.40 bits per heavy atom. The summed E-state index contributed by atoms with van der Waals surface area (Å²) >= 11 is 0. The van der Waals surface area contributed by atoms with Crippen LogP contribution in [0.15, 0.2) is 121 Å². The van der Waals surface area contributed by atoms with E-state index in [1.165, 1.54) is 0 Å². The fraction of sp³-hybridized carbons (Fsp3) is 0.171. The van der Waals surface area contributed by atoms with Crippen LogP contribution in [-0.2, 0) is 0 Å². The van der Waals surface area contributed by atoms with Gasteiger partial charge in [-0.3, -0.25) is 0 Å². The summed E-state index contributed by atoms with van der Waals surface area (Å²) in [5, 5.41) is 0. The van der Waals surface area contributed by atoms with Crippen LogP contribution in [0.2, 0.25) is 0 Å². The molecule has 5 nitrogen and oxygen atoms in total. The van der Waals surface area contributed by atoms with Gasteiger partial charge in [0.2, 0.25) is 0 Å². The first-order chi connectivity index (χ1) is 19.6. The third kappa shape index (κ3) is 4.43. The predicted molar refractivity (Wildman–Crippen MR) is 160 cm³/mol. The lowest BCUT2D eigenvalue weighted by atomic mass is 9.87. The molecule has 0 amide bonds. The van der Waals surface area contributed by atoms with Crippen molar-refractivity contribution in [3.05, 3.63) is 133 Å². The Labute approximate surface area is 234 Å². The molecule has 40 heavy (non-hydrogen) atoms. The summed E-state index contributed by atoms with van der Waals surface area (Å²) in [6.45, 7) is 4.46. The van der Waals surface area contributed by atoms with Crippen LogP contribution in [-0.4, -0.2) is 15.0 Å². The van der Waals surface area contributed by atoms with E-state index in [0.717, 1.165) is 57.8 Å². The molecular formula is C35H30N4O. The molecule has 0 fully saturated rings. The van der Waals surface area contributed by atoms with Crippen LogP contribution in [0.5, 0.6) is 11.5 Å². The van der Waals surface area contributed by atoms with Crippen LogP contribution in [0.4, 0.5) is 11.4 Å². The van der Waals surface area contributed by atoms with Crippen molar-refractivity contribution in [1.82, 2.24) is 15.0 Å².